The van der Waals surface area contributed by atoms with E-state index in [1.807, 2.05) is 0 Å². The molecular formula is C21H25N5O4S. The van der Waals surface area contributed by atoms with Gasteiger partial charge in [0.05, 0.1) is 12.7 Å². The number of methoxy groups -OCH3 is 1. The Morgan fingerprint density at radius 1 is 1.42 bits per heavy atom. The monoisotopic (exact) mass is 443 g/mol. The lowest BCUT2D eigenvalue weighted by Gasteiger charge is -2.23. The fourth-order valence-electron chi connectivity index (χ4n) is 5.33. The number of carbonyl (C=O) groups is 1. The van der Waals surface area contributed by atoms with Crippen LogP contribution in [0.1, 0.15) is 41.0 Å². The van der Waals surface area contributed by atoms with Crippen molar-refractivity contribution < 1.29 is 18.5 Å². The van der Waals surface area contributed by atoms with Gasteiger partial charge in [0.15, 0.2) is 9.92 Å². The van der Waals surface area contributed by atoms with E-state index in [0.29, 0.717) is 25.0 Å². The molecule has 1 fully saturated rings. The van der Waals surface area contributed by atoms with Gasteiger partial charge in [-0.25, -0.2) is 18.8 Å². The Morgan fingerprint density at radius 2 is 2.29 bits per heavy atom. The van der Waals surface area contributed by atoms with Crippen molar-refractivity contribution >= 4 is 21.6 Å². The van der Waals surface area contributed by atoms with Crippen LogP contribution in [0.25, 0.3) is 0 Å². The number of nitrogens with one attached hydrogen (secondary N) is 1. The summed E-state index contributed by atoms with van der Waals surface area (Å²) in [6, 6.07) is 1.65. The van der Waals surface area contributed by atoms with Crippen LogP contribution in [-0.2, 0) is 40.5 Å². The standard InChI is InChI=1S/C21H25N5O4S/c1-29-13-9-26-20(30-10-13)18(8-23-26)31(22,28)25-21(27)24-19-14-4-2-3-11(14)5-16-15-6-12(15)7-17(16)19/h5,8,12-13,15H,2-4,6-7,9-10H2,1H3,(H3,22,24,25,27,28)/t12?,13-,15?,31?/m0/s1. The van der Waals surface area contributed by atoms with E-state index in [1.165, 1.54) is 39.6 Å². The summed E-state index contributed by atoms with van der Waals surface area (Å²) in [6.07, 6.45) is 6.51. The van der Waals surface area contributed by atoms with E-state index < -0.39 is 15.9 Å². The Hall–Kier alpha value is -2.43. The van der Waals surface area contributed by atoms with Gasteiger partial charge in [0.2, 0.25) is 5.88 Å². The molecule has 4 atom stereocenters. The molecule has 4 aliphatic rings. The SMILES string of the molecule is CO[C@@H]1COc2c(S(N)(=O)=NC(=O)Nc3c4c(cc5c3CC3CC53)CCC4)cnn2C1. The number of fused-ring (bicyclic) bond motifs is 5. The number of nitrogens with two attached hydrogens (primary N) is 1. The van der Waals surface area contributed by atoms with Crippen molar-refractivity contribution in [1.29, 1.82) is 0 Å². The third-order valence-corrected chi connectivity index (χ3v) is 8.32. The van der Waals surface area contributed by atoms with Crippen molar-refractivity contribution in [3.63, 3.8) is 0 Å². The van der Waals surface area contributed by atoms with Crippen molar-refractivity contribution in [3.8, 4) is 5.88 Å². The number of hydrogen-bond acceptors (Lipinski definition) is 5. The Labute approximate surface area is 180 Å². The summed E-state index contributed by atoms with van der Waals surface area (Å²) in [5.74, 6) is 1.62. The van der Waals surface area contributed by atoms with Crippen LogP contribution < -0.4 is 15.2 Å². The molecule has 2 amide bonds. The Bertz CT molecular complexity index is 1230. The largest absolute Gasteiger partial charge is 0.474 e. The Kier molecular flexibility index (Phi) is 4.22. The summed E-state index contributed by atoms with van der Waals surface area (Å²) in [7, 11) is -1.93. The number of ether oxygens (including phenoxy) is 2. The van der Waals surface area contributed by atoms with Gasteiger partial charge in [0, 0.05) is 12.8 Å². The number of rotatable bonds is 3. The van der Waals surface area contributed by atoms with E-state index in [0.717, 1.165) is 31.4 Å². The first kappa shape index (κ1) is 19.3. The van der Waals surface area contributed by atoms with Crippen LogP contribution in [0, 0.1) is 5.92 Å². The van der Waals surface area contributed by atoms with Crippen molar-refractivity contribution in [2.24, 2.45) is 15.4 Å². The molecule has 0 radical (unpaired) electrons. The fourth-order valence-corrected chi connectivity index (χ4v) is 6.33. The minimum atomic E-state index is -3.52. The summed E-state index contributed by atoms with van der Waals surface area (Å²) in [4.78, 5) is 13.0. The maximum absolute atomic E-state index is 13.2. The van der Waals surface area contributed by atoms with E-state index in [1.54, 1.807) is 7.11 Å². The van der Waals surface area contributed by atoms with Crippen LogP contribution in [0.2, 0.25) is 0 Å². The van der Waals surface area contributed by atoms with Gasteiger partial charge >= 0.3 is 6.03 Å². The summed E-state index contributed by atoms with van der Waals surface area (Å²) in [5, 5.41) is 13.1. The molecule has 3 N–H and O–H groups in total. The van der Waals surface area contributed by atoms with E-state index in [2.05, 4.69) is 20.8 Å². The number of hydrogen-bond donors (Lipinski definition) is 2. The van der Waals surface area contributed by atoms with Gasteiger partial charge in [-0.3, -0.25) is 0 Å². The second-order valence-electron chi connectivity index (χ2n) is 8.87. The summed E-state index contributed by atoms with van der Waals surface area (Å²) in [6.45, 7) is 0.750. The van der Waals surface area contributed by atoms with Crippen molar-refractivity contribution in [1.82, 2.24) is 9.78 Å². The smallest absolute Gasteiger partial charge is 0.354 e. The molecule has 1 aliphatic heterocycles. The van der Waals surface area contributed by atoms with E-state index >= 15 is 0 Å². The normalized spacial score (nSPS) is 26.7. The van der Waals surface area contributed by atoms with Crippen molar-refractivity contribution in [2.75, 3.05) is 19.0 Å². The number of amides is 2. The first-order valence-corrected chi connectivity index (χ1v) is 12.3. The van der Waals surface area contributed by atoms with Crippen LogP contribution in [0.5, 0.6) is 5.88 Å². The van der Waals surface area contributed by atoms with E-state index in [4.69, 9.17) is 14.6 Å². The molecule has 1 aromatic heterocycles. The second-order valence-corrected chi connectivity index (χ2v) is 10.6. The highest BCUT2D eigenvalue weighted by molar-refractivity contribution is 7.91. The number of benzene rings is 1. The molecule has 31 heavy (non-hydrogen) atoms. The predicted octanol–water partition coefficient (Wildman–Crippen LogP) is 2.37. The molecule has 1 aromatic carbocycles. The van der Waals surface area contributed by atoms with Crippen molar-refractivity contribution in [3.05, 3.63) is 34.5 Å². The Balaban J connectivity index is 1.32. The third kappa shape index (κ3) is 3.07. The topological polar surface area (TPSA) is 121 Å². The zero-order valence-corrected chi connectivity index (χ0v) is 18.1. The summed E-state index contributed by atoms with van der Waals surface area (Å²) < 4.78 is 29.5. The Morgan fingerprint density at radius 3 is 3.13 bits per heavy atom. The molecule has 9 nitrogen and oxygen atoms in total. The predicted molar refractivity (Wildman–Crippen MR) is 114 cm³/mol. The molecule has 164 valence electrons. The van der Waals surface area contributed by atoms with Crippen LogP contribution in [0.4, 0.5) is 10.5 Å². The molecule has 0 saturated heterocycles. The number of aryl methyl sites for hydroxylation is 1. The lowest BCUT2D eigenvalue weighted by molar-refractivity contribution is 0.0165. The average Bonchev–Trinajstić information content (AvgIpc) is 3.10. The molecule has 1 saturated carbocycles. The maximum atomic E-state index is 13.2. The first-order chi connectivity index (χ1) is 14.9. The van der Waals surface area contributed by atoms with Gasteiger partial charge in [-0.1, -0.05) is 6.07 Å². The van der Waals surface area contributed by atoms with Crippen LogP contribution in [0.15, 0.2) is 21.5 Å². The molecule has 3 unspecified atom stereocenters. The highest BCUT2D eigenvalue weighted by Crippen LogP contribution is 2.59. The number of carbonyl (C=O) groups excluding carboxylic acids is 1. The highest BCUT2D eigenvalue weighted by Gasteiger charge is 2.47. The molecule has 2 heterocycles. The summed E-state index contributed by atoms with van der Waals surface area (Å²) >= 11 is 0. The van der Waals surface area contributed by atoms with Crippen LogP contribution >= 0.6 is 0 Å². The maximum Gasteiger partial charge on any atom is 0.354 e. The number of urea groups is 1. The molecular weight excluding hydrogens is 418 g/mol. The minimum absolute atomic E-state index is 0.127. The fraction of sp³-hybridized carbons (Fsp3) is 0.524. The quantitative estimate of drug-likeness (QED) is 0.754. The van der Waals surface area contributed by atoms with Gasteiger partial charge in [0.25, 0.3) is 0 Å². The van der Waals surface area contributed by atoms with E-state index in [-0.39, 0.29) is 16.9 Å². The van der Waals surface area contributed by atoms with Crippen LogP contribution in [-0.4, -0.2) is 39.8 Å². The van der Waals surface area contributed by atoms with Gasteiger partial charge in [0.1, 0.15) is 17.6 Å². The van der Waals surface area contributed by atoms with Gasteiger partial charge in [-0.15, -0.1) is 4.36 Å². The zero-order valence-electron chi connectivity index (χ0n) is 17.3. The molecule has 0 spiro atoms. The molecule has 0 bridgehead atoms. The molecule has 10 heteroatoms. The summed E-state index contributed by atoms with van der Waals surface area (Å²) in [5.41, 5.74) is 6.00. The third-order valence-electron chi connectivity index (χ3n) is 6.97. The molecule has 2 aromatic rings. The molecule has 3 aliphatic carbocycles. The lowest BCUT2D eigenvalue weighted by atomic mass is 9.96. The number of anilines is 1. The lowest BCUT2D eigenvalue weighted by Crippen LogP contribution is -2.32. The highest BCUT2D eigenvalue weighted by atomic mass is 32.2. The van der Waals surface area contributed by atoms with Gasteiger partial charge in [-0.05, 0) is 66.2 Å². The van der Waals surface area contributed by atoms with Gasteiger partial charge in [-0.2, -0.15) is 5.10 Å². The zero-order chi connectivity index (χ0) is 21.3. The second kappa shape index (κ2) is 6.78. The average molecular weight is 444 g/mol. The minimum Gasteiger partial charge on any atom is -0.474 e. The van der Waals surface area contributed by atoms with E-state index in [9.17, 15) is 9.00 Å². The number of aromatic nitrogens is 2. The molecule has 6 rings (SSSR count). The number of nitrogens with zero attached hydrogens (tertiary/aromatic N) is 3. The van der Waals surface area contributed by atoms with Crippen molar-refractivity contribution in [2.45, 2.75) is 55.6 Å². The van der Waals surface area contributed by atoms with Gasteiger partial charge < -0.3 is 14.8 Å². The van der Waals surface area contributed by atoms with Crippen LogP contribution in [0.3, 0.4) is 0 Å². The first-order valence-electron chi connectivity index (χ1n) is 10.7.